The van der Waals surface area contributed by atoms with Crippen LogP contribution < -0.4 is 19.7 Å². The van der Waals surface area contributed by atoms with Gasteiger partial charge in [0.2, 0.25) is 17.6 Å². The summed E-state index contributed by atoms with van der Waals surface area (Å²) in [5.74, 6) is 0.916. The average molecular weight is 457 g/mol. The van der Waals surface area contributed by atoms with E-state index in [9.17, 15) is 9.59 Å². The van der Waals surface area contributed by atoms with Gasteiger partial charge in [0.05, 0.1) is 31.5 Å². The number of ether oxygens (including phenoxy) is 2. The van der Waals surface area contributed by atoms with Crippen molar-refractivity contribution in [2.24, 2.45) is 5.92 Å². The smallest absolute Gasteiger partial charge is 0.234 e. The minimum absolute atomic E-state index is 0.105. The Hall–Kier alpha value is -4.40. The largest absolute Gasteiger partial charge is 0.497 e. The van der Waals surface area contributed by atoms with Crippen LogP contribution in [0.3, 0.4) is 0 Å². The molecule has 172 valence electrons. The summed E-state index contributed by atoms with van der Waals surface area (Å²) in [6.07, 6.45) is 5.56. The number of rotatable bonds is 6. The molecule has 2 amide bonds. The number of nitrogens with one attached hydrogen (secondary N) is 1. The molecule has 5 rings (SSSR count). The summed E-state index contributed by atoms with van der Waals surface area (Å²) in [5, 5.41) is 2.94. The number of imidazole rings is 1. The Bertz CT molecular complexity index is 1350. The predicted molar refractivity (Wildman–Crippen MR) is 127 cm³/mol. The van der Waals surface area contributed by atoms with E-state index in [0.717, 1.165) is 11.3 Å². The van der Waals surface area contributed by atoms with Gasteiger partial charge < -0.3 is 19.7 Å². The Balaban J connectivity index is 1.36. The number of carbonyl (C=O) groups is 2. The quantitative estimate of drug-likeness (QED) is 0.477. The van der Waals surface area contributed by atoms with Crippen LogP contribution in [-0.2, 0) is 9.59 Å². The minimum atomic E-state index is -0.494. The molecule has 1 fully saturated rings. The molecule has 9 nitrogen and oxygen atoms in total. The van der Waals surface area contributed by atoms with Crippen LogP contribution in [0.15, 0.2) is 67.1 Å². The lowest BCUT2D eigenvalue weighted by Crippen LogP contribution is -2.28. The second-order valence-corrected chi connectivity index (χ2v) is 7.96. The standard InChI is InChI=1S/C25H23N5O4/c1-33-19-6-3-5-18(13-19)30-14-17(12-23(30)31)24(32)27-20-11-16(7-8-22(20)34-2)21-15-29-10-4-9-26-25(29)28-21/h3-11,13,15,17H,12,14H2,1-2H3,(H,27,32)/t17-/m0/s1. The fourth-order valence-electron chi connectivity index (χ4n) is 4.08. The molecule has 1 saturated heterocycles. The molecule has 0 unspecified atom stereocenters. The maximum absolute atomic E-state index is 13.1. The van der Waals surface area contributed by atoms with Crippen molar-refractivity contribution in [3.8, 4) is 22.8 Å². The number of methoxy groups -OCH3 is 2. The first-order valence-corrected chi connectivity index (χ1v) is 10.8. The average Bonchev–Trinajstić information content (AvgIpc) is 3.48. The van der Waals surface area contributed by atoms with Crippen molar-refractivity contribution >= 4 is 29.0 Å². The topological polar surface area (TPSA) is 98.1 Å². The van der Waals surface area contributed by atoms with Gasteiger partial charge in [-0.1, -0.05) is 6.07 Å². The van der Waals surface area contributed by atoms with Gasteiger partial charge in [-0.05, 0) is 36.4 Å². The van der Waals surface area contributed by atoms with E-state index in [2.05, 4.69) is 15.3 Å². The molecule has 2 aromatic carbocycles. The number of aromatic nitrogens is 3. The molecule has 1 atom stereocenters. The summed E-state index contributed by atoms with van der Waals surface area (Å²) in [6, 6.07) is 14.5. The molecule has 9 heteroatoms. The minimum Gasteiger partial charge on any atom is -0.497 e. The first-order chi connectivity index (χ1) is 16.6. The zero-order valence-corrected chi connectivity index (χ0v) is 18.8. The molecule has 0 spiro atoms. The lowest BCUT2D eigenvalue weighted by molar-refractivity contribution is -0.122. The van der Waals surface area contributed by atoms with E-state index in [1.54, 1.807) is 37.4 Å². The second-order valence-electron chi connectivity index (χ2n) is 7.96. The molecular formula is C25H23N5O4. The van der Waals surface area contributed by atoms with Crippen LogP contribution in [-0.4, -0.2) is 46.9 Å². The number of amides is 2. The van der Waals surface area contributed by atoms with E-state index < -0.39 is 5.92 Å². The van der Waals surface area contributed by atoms with Crippen molar-refractivity contribution in [2.45, 2.75) is 6.42 Å². The van der Waals surface area contributed by atoms with Gasteiger partial charge in [0.1, 0.15) is 11.5 Å². The summed E-state index contributed by atoms with van der Waals surface area (Å²) in [4.78, 5) is 36.2. The van der Waals surface area contributed by atoms with Crippen LogP contribution in [0.2, 0.25) is 0 Å². The molecule has 1 N–H and O–H groups in total. The highest BCUT2D eigenvalue weighted by atomic mass is 16.5. The van der Waals surface area contributed by atoms with Crippen molar-refractivity contribution in [2.75, 3.05) is 31.0 Å². The molecule has 1 aliphatic heterocycles. The van der Waals surface area contributed by atoms with Crippen molar-refractivity contribution in [3.05, 3.63) is 67.1 Å². The Kier molecular flexibility index (Phi) is 5.59. The molecule has 4 aromatic rings. The molecule has 1 aliphatic rings. The highest BCUT2D eigenvalue weighted by molar-refractivity contribution is 6.04. The predicted octanol–water partition coefficient (Wildman–Crippen LogP) is 3.41. The zero-order valence-electron chi connectivity index (χ0n) is 18.8. The van der Waals surface area contributed by atoms with E-state index in [0.29, 0.717) is 28.7 Å². The zero-order chi connectivity index (χ0) is 23.7. The van der Waals surface area contributed by atoms with Crippen molar-refractivity contribution in [1.82, 2.24) is 14.4 Å². The Labute approximate surface area is 196 Å². The fourth-order valence-corrected chi connectivity index (χ4v) is 4.08. The normalized spacial score (nSPS) is 15.5. The SMILES string of the molecule is COc1cccc(N2C[C@@H](C(=O)Nc3cc(-c4cn5cccnc5n4)ccc3OC)CC2=O)c1. The fraction of sp³-hybridized carbons (Fsp3) is 0.200. The number of carbonyl (C=O) groups excluding carboxylic acids is 2. The van der Waals surface area contributed by atoms with Crippen LogP contribution in [0.4, 0.5) is 11.4 Å². The maximum Gasteiger partial charge on any atom is 0.234 e. The van der Waals surface area contributed by atoms with Crippen LogP contribution in [0, 0.1) is 5.92 Å². The van der Waals surface area contributed by atoms with Gasteiger partial charge in [-0.25, -0.2) is 9.97 Å². The number of hydrogen-bond donors (Lipinski definition) is 1. The molecule has 2 aromatic heterocycles. The van der Waals surface area contributed by atoms with E-state index in [1.807, 2.05) is 53.2 Å². The first-order valence-electron chi connectivity index (χ1n) is 10.8. The summed E-state index contributed by atoms with van der Waals surface area (Å²) in [5.41, 5.74) is 2.75. The van der Waals surface area contributed by atoms with Gasteiger partial charge >= 0.3 is 0 Å². The Morgan fingerprint density at radius 3 is 2.79 bits per heavy atom. The molecule has 34 heavy (non-hydrogen) atoms. The third-order valence-corrected chi connectivity index (χ3v) is 5.85. The Morgan fingerprint density at radius 2 is 2.00 bits per heavy atom. The molecule has 0 bridgehead atoms. The molecule has 0 radical (unpaired) electrons. The second kappa shape index (κ2) is 8.86. The number of hydrogen-bond acceptors (Lipinski definition) is 6. The molecule has 0 saturated carbocycles. The van der Waals surface area contributed by atoms with Crippen LogP contribution in [0.25, 0.3) is 17.0 Å². The van der Waals surface area contributed by atoms with Crippen LogP contribution in [0.5, 0.6) is 11.5 Å². The third kappa shape index (κ3) is 4.03. The Morgan fingerprint density at radius 1 is 1.12 bits per heavy atom. The van der Waals surface area contributed by atoms with Gasteiger partial charge in [0.15, 0.2) is 0 Å². The highest BCUT2D eigenvalue weighted by Gasteiger charge is 2.35. The van der Waals surface area contributed by atoms with Gasteiger partial charge in [-0.3, -0.25) is 14.0 Å². The monoisotopic (exact) mass is 457 g/mol. The van der Waals surface area contributed by atoms with Crippen LogP contribution in [0.1, 0.15) is 6.42 Å². The lowest BCUT2D eigenvalue weighted by Gasteiger charge is -2.18. The molecule has 0 aliphatic carbocycles. The first kappa shape index (κ1) is 21.4. The number of fused-ring (bicyclic) bond motifs is 1. The summed E-state index contributed by atoms with van der Waals surface area (Å²) < 4.78 is 12.5. The number of nitrogens with zero attached hydrogens (tertiary/aromatic N) is 4. The summed E-state index contributed by atoms with van der Waals surface area (Å²) >= 11 is 0. The van der Waals surface area contributed by atoms with Crippen molar-refractivity contribution in [3.63, 3.8) is 0 Å². The number of benzene rings is 2. The molecular weight excluding hydrogens is 434 g/mol. The van der Waals surface area contributed by atoms with Crippen LogP contribution >= 0.6 is 0 Å². The number of anilines is 2. The third-order valence-electron chi connectivity index (χ3n) is 5.85. The summed E-state index contributed by atoms with van der Waals surface area (Å²) in [6.45, 7) is 0.290. The van der Waals surface area contributed by atoms with Crippen molar-refractivity contribution in [1.29, 1.82) is 0 Å². The maximum atomic E-state index is 13.1. The molecule has 3 heterocycles. The van der Waals surface area contributed by atoms with Gasteiger partial charge in [-0.2, -0.15) is 0 Å². The van der Waals surface area contributed by atoms with Gasteiger partial charge in [0, 0.05) is 48.9 Å². The van der Waals surface area contributed by atoms with E-state index >= 15 is 0 Å². The van der Waals surface area contributed by atoms with Gasteiger partial charge in [-0.15, -0.1) is 0 Å². The van der Waals surface area contributed by atoms with E-state index in [-0.39, 0.29) is 24.8 Å². The highest BCUT2D eigenvalue weighted by Crippen LogP contribution is 2.33. The van der Waals surface area contributed by atoms with Gasteiger partial charge in [0.25, 0.3) is 0 Å². The van der Waals surface area contributed by atoms with Crippen molar-refractivity contribution < 1.29 is 19.1 Å². The lowest BCUT2D eigenvalue weighted by atomic mass is 10.1. The summed E-state index contributed by atoms with van der Waals surface area (Å²) in [7, 11) is 3.12. The van der Waals surface area contributed by atoms with E-state index in [4.69, 9.17) is 9.47 Å². The van der Waals surface area contributed by atoms with E-state index in [1.165, 1.54) is 0 Å².